The molecule has 42 heavy (non-hydrogen) atoms. The van der Waals surface area contributed by atoms with Crippen LogP contribution in [0.25, 0.3) is 10.6 Å². The lowest BCUT2D eigenvalue weighted by Crippen LogP contribution is -2.42. The van der Waals surface area contributed by atoms with Crippen LogP contribution >= 0.6 is 22.7 Å². The fourth-order valence-corrected chi connectivity index (χ4v) is 5.82. The van der Waals surface area contributed by atoms with Crippen molar-refractivity contribution >= 4 is 51.8 Å². The number of likely N-dealkylation sites (N-methyl/N-ethyl adjacent to an activating group) is 2. The molecule has 4 heterocycles. The number of nitrogens with one attached hydrogen (secondary N) is 1. The Morgan fingerprint density at radius 2 is 1.93 bits per heavy atom. The molecule has 224 valence electrons. The second-order valence-electron chi connectivity index (χ2n) is 9.61. The maximum Gasteiger partial charge on any atom is 0.339 e. The molecule has 1 atom stereocenters. The van der Waals surface area contributed by atoms with Gasteiger partial charge in [0, 0.05) is 37.8 Å². The van der Waals surface area contributed by atoms with Gasteiger partial charge in [0.05, 0.1) is 27.5 Å². The topological polar surface area (TPSA) is 124 Å². The highest BCUT2D eigenvalue weighted by Crippen LogP contribution is 2.32. The SMILES string of the molecule is CCC[C@H](CN(CC)c1ncc(F)cc1C(=O)O)N(C)C=O.Cc1ccc(Nc2nc(-c3sc(C)nc3C)cs2)nc1. The molecule has 0 fully saturated rings. The Labute approximate surface area is 253 Å². The largest absolute Gasteiger partial charge is 0.478 e. The number of aromatic nitrogens is 4. The van der Waals surface area contributed by atoms with Gasteiger partial charge in [0.2, 0.25) is 6.41 Å². The highest BCUT2D eigenvalue weighted by molar-refractivity contribution is 7.16. The number of rotatable bonds is 12. The van der Waals surface area contributed by atoms with Gasteiger partial charge in [-0.05, 0) is 51.8 Å². The smallest absolute Gasteiger partial charge is 0.339 e. The van der Waals surface area contributed by atoms with Crippen molar-refractivity contribution in [3.05, 3.63) is 63.6 Å². The van der Waals surface area contributed by atoms with Crippen LogP contribution in [0.1, 0.15) is 53.3 Å². The minimum absolute atomic E-state index is 0.0593. The number of amides is 1. The number of carbonyl (C=O) groups excluding carboxylic acids is 1. The van der Waals surface area contributed by atoms with E-state index in [1.807, 2.05) is 52.9 Å². The third-order valence-corrected chi connectivity index (χ3v) is 8.18. The predicted octanol–water partition coefficient (Wildman–Crippen LogP) is 6.33. The van der Waals surface area contributed by atoms with Crippen molar-refractivity contribution in [1.82, 2.24) is 24.8 Å². The highest BCUT2D eigenvalue weighted by Gasteiger charge is 2.22. The van der Waals surface area contributed by atoms with Crippen molar-refractivity contribution in [3.63, 3.8) is 0 Å². The summed E-state index contributed by atoms with van der Waals surface area (Å²) in [6.45, 7) is 10.9. The number of halogens is 1. The first kappa shape index (κ1) is 32.5. The summed E-state index contributed by atoms with van der Waals surface area (Å²) < 4.78 is 13.2. The molecule has 0 radical (unpaired) electrons. The molecule has 0 aromatic carbocycles. The van der Waals surface area contributed by atoms with E-state index >= 15 is 0 Å². The number of nitrogens with zero attached hydrogens (tertiary/aromatic N) is 6. The minimum atomic E-state index is -1.23. The Morgan fingerprint density at radius 1 is 1.17 bits per heavy atom. The lowest BCUT2D eigenvalue weighted by atomic mass is 10.1. The second kappa shape index (κ2) is 15.3. The first-order valence-corrected chi connectivity index (χ1v) is 15.2. The standard InChI is InChI=1S/C15H22FN3O3.C14H14N4S2/c1-4-6-12(18(3)10-20)9-19(5-2)14-13(15(21)22)7-11(16)8-17-14;1-8-4-5-12(15-6-8)18-14-17-11(7-19-14)13-9(2)16-10(3)20-13/h7-8,10,12H,4-6,9H2,1-3H3,(H,21,22);4-7H,1-3H3,(H,15,17,18)/t12-;/m1./s1. The quantitative estimate of drug-likeness (QED) is 0.176. The van der Waals surface area contributed by atoms with Crippen LogP contribution < -0.4 is 10.2 Å². The minimum Gasteiger partial charge on any atom is -0.478 e. The van der Waals surface area contributed by atoms with Crippen molar-refractivity contribution in [2.45, 2.75) is 53.5 Å². The number of carboxylic acids is 1. The molecule has 13 heteroatoms. The van der Waals surface area contributed by atoms with Gasteiger partial charge in [0.15, 0.2) is 5.13 Å². The van der Waals surface area contributed by atoms with Gasteiger partial charge < -0.3 is 20.2 Å². The zero-order chi connectivity index (χ0) is 30.8. The van der Waals surface area contributed by atoms with Gasteiger partial charge in [-0.3, -0.25) is 4.79 Å². The average molecular weight is 614 g/mol. The second-order valence-corrected chi connectivity index (χ2v) is 11.7. The Balaban J connectivity index is 0.000000231. The lowest BCUT2D eigenvalue weighted by Gasteiger charge is -2.32. The third-order valence-electron chi connectivity index (χ3n) is 6.33. The maximum atomic E-state index is 13.2. The number of hydrogen-bond donors (Lipinski definition) is 2. The van der Waals surface area contributed by atoms with Gasteiger partial charge >= 0.3 is 5.97 Å². The van der Waals surface area contributed by atoms with Crippen LogP contribution in [0.15, 0.2) is 36.0 Å². The van der Waals surface area contributed by atoms with Crippen LogP contribution in [-0.2, 0) is 4.79 Å². The van der Waals surface area contributed by atoms with E-state index in [-0.39, 0.29) is 17.4 Å². The molecule has 0 aliphatic rings. The number of pyridine rings is 2. The van der Waals surface area contributed by atoms with E-state index in [0.717, 1.165) is 69.3 Å². The molecule has 0 spiro atoms. The zero-order valence-electron chi connectivity index (χ0n) is 24.6. The number of carboxylic acid groups (broad SMARTS) is 1. The monoisotopic (exact) mass is 613 g/mol. The van der Waals surface area contributed by atoms with E-state index in [2.05, 4.69) is 30.6 Å². The summed E-state index contributed by atoms with van der Waals surface area (Å²) in [4.78, 5) is 44.1. The average Bonchev–Trinajstić information content (AvgIpc) is 3.57. The predicted molar refractivity (Wildman–Crippen MR) is 167 cm³/mol. The number of hydrogen-bond acceptors (Lipinski definition) is 10. The molecular weight excluding hydrogens is 577 g/mol. The number of aromatic carboxylic acids is 1. The maximum absolute atomic E-state index is 13.2. The van der Waals surface area contributed by atoms with Gasteiger partial charge in [0.1, 0.15) is 23.0 Å². The van der Waals surface area contributed by atoms with Crippen molar-refractivity contribution in [3.8, 4) is 10.6 Å². The van der Waals surface area contributed by atoms with Gasteiger partial charge in [-0.15, -0.1) is 22.7 Å². The van der Waals surface area contributed by atoms with Crippen molar-refractivity contribution in [2.24, 2.45) is 0 Å². The van der Waals surface area contributed by atoms with Crippen molar-refractivity contribution in [2.75, 3.05) is 30.4 Å². The Morgan fingerprint density at radius 3 is 2.50 bits per heavy atom. The summed E-state index contributed by atoms with van der Waals surface area (Å²) in [5.74, 6) is -0.880. The van der Waals surface area contributed by atoms with E-state index in [1.165, 1.54) is 0 Å². The van der Waals surface area contributed by atoms with E-state index in [1.54, 1.807) is 39.5 Å². The Hall–Kier alpha value is -3.97. The molecule has 10 nitrogen and oxygen atoms in total. The van der Waals surface area contributed by atoms with E-state index < -0.39 is 11.8 Å². The molecule has 0 aliphatic heterocycles. The fraction of sp³-hybridized carbons (Fsp3) is 0.379. The van der Waals surface area contributed by atoms with E-state index in [9.17, 15) is 19.1 Å². The first-order valence-electron chi connectivity index (χ1n) is 13.5. The van der Waals surface area contributed by atoms with E-state index in [0.29, 0.717) is 13.1 Å². The summed E-state index contributed by atoms with van der Waals surface area (Å²) in [6, 6.07) is 4.89. The van der Waals surface area contributed by atoms with Crippen molar-refractivity contribution < 1.29 is 19.1 Å². The van der Waals surface area contributed by atoms with Crippen LogP contribution in [-0.4, -0.2) is 68.5 Å². The Bertz CT molecular complexity index is 1480. The van der Waals surface area contributed by atoms with Gasteiger partial charge in [0.25, 0.3) is 0 Å². The van der Waals surface area contributed by atoms with Crippen LogP contribution in [0, 0.1) is 26.6 Å². The summed E-state index contributed by atoms with van der Waals surface area (Å²) >= 11 is 3.26. The Kier molecular flexibility index (Phi) is 11.9. The molecule has 0 unspecified atom stereocenters. The van der Waals surface area contributed by atoms with E-state index in [4.69, 9.17) is 0 Å². The normalized spacial score (nSPS) is 11.3. The van der Waals surface area contributed by atoms with Gasteiger partial charge in [-0.25, -0.2) is 29.1 Å². The molecule has 1 amide bonds. The summed E-state index contributed by atoms with van der Waals surface area (Å²) in [5, 5.41) is 16.4. The summed E-state index contributed by atoms with van der Waals surface area (Å²) in [6.07, 6.45) is 5.28. The number of thiazole rings is 2. The molecule has 4 rings (SSSR count). The number of carbonyl (C=O) groups is 2. The van der Waals surface area contributed by atoms with Crippen LogP contribution in [0.4, 0.5) is 21.2 Å². The molecule has 2 N–H and O–H groups in total. The highest BCUT2D eigenvalue weighted by atomic mass is 32.1. The van der Waals surface area contributed by atoms with Gasteiger partial charge in [-0.2, -0.15) is 0 Å². The number of anilines is 3. The lowest BCUT2D eigenvalue weighted by molar-refractivity contribution is -0.118. The van der Waals surface area contributed by atoms with Crippen molar-refractivity contribution in [1.29, 1.82) is 0 Å². The molecular formula is C29H36FN7O3S2. The molecule has 0 bridgehead atoms. The molecule has 0 saturated heterocycles. The zero-order valence-corrected chi connectivity index (χ0v) is 26.2. The first-order chi connectivity index (χ1) is 20.1. The number of aryl methyl sites for hydroxylation is 3. The molecule has 4 aromatic heterocycles. The van der Waals surface area contributed by atoms with Crippen LogP contribution in [0.2, 0.25) is 0 Å². The molecule has 0 saturated carbocycles. The molecule has 0 aliphatic carbocycles. The van der Waals surface area contributed by atoms with Crippen LogP contribution in [0.3, 0.4) is 0 Å². The van der Waals surface area contributed by atoms with Gasteiger partial charge in [-0.1, -0.05) is 19.4 Å². The van der Waals surface area contributed by atoms with Crippen LogP contribution in [0.5, 0.6) is 0 Å². The summed E-state index contributed by atoms with van der Waals surface area (Å²) in [7, 11) is 1.69. The fourth-order valence-electron chi connectivity index (χ4n) is 4.16. The summed E-state index contributed by atoms with van der Waals surface area (Å²) in [5.41, 5.74) is 2.99. The third kappa shape index (κ3) is 8.76. The molecule has 4 aromatic rings.